The topological polar surface area (TPSA) is 93.8 Å². The molecule has 0 saturated carbocycles. The second-order valence-corrected chi connectivity index (χ2v) is 7.17. The third-order valence-electron chi connectivity index (χ3n) is 5.42. The van der Waals surface area contributed by atoms with E-state index in [-0.39, 0.29) is 17.9 Å². The van der Waals surface area contributed by atoms with Gasteiger partial charge in [0.15, 0.2) is 5.82 Å². The van der Waals surface area contributed by atoms with Gasteiger partial charge in [0.25, 0.3) is 5.91 Å². The van der Waals surface area contributed by atoms with Crippen molar-refractivity contribution >= 4 is 5.91 Å². The normalized spacial score (nSPS) is 20.4. The molecule has 4 rings (SSSR count). The summed E-state index contributed by atoms with van der Waals surface area (Å²) in [6.45, 7) is 3.75. The maximum Gasteiger partial charge on any atom is 0.255 e. The molecule has 1 atom stereocenters. The Balaban J connectivity index is 1.34. The molecule has 0 bridgehead atoms. The van der Waals surface area contributed by atoms with E-state index in [1.165, 1.54) is 6.20 Å². The molecule has 1 amide bonds. The zero-order chi connectivity index (χ0) is 19.5. The summed E-state index contributed by atoms with van der Waals surface area (Å²) in [5.41, 5.74) is 0.549. The van der Waals surface area contributed by atoms with E-state index < -0.39 is 0 Å². The molecule has 0 aromatic carbocycles. The van der Waals surface area contributed by atoms with Crippen LogP contribution in [0.15, 0.2) is 22.9 Å². The van der Waals surface area contributed by atoms with Crippen LogP contribution in [0.4, 0.5) is 0 Å². The molecule has 9 nitrogen and oxygen atoms in total. The minimum absolute atomic E-state index is 0.0448. The van der Waals surface area contributed by atoms with Gasteiger partial charge in [0.2, 0.25) is 11.8 Å². The van der Waals surface area contributed by atoms with Crippen LogP contribution in [0.25, 0.3) is 0 Å². The number of carbonyl (C=O) groups is 1. The first-order chi connectivity index (χ1) is 13.7. The summed E-state index contributed by atoms with van der Waals surface area (Å²) in [4.78, 5) is 25.3. The number of likely N-dealkylation sites (tertiary alicyclic amines) is 2. The van der Waals surface area contributed by atoms with Crippen molar-refractivity contribution < 1.29 is 18.8 Å². The van der Waals surface area contributed by atoms with E-state index in [2.05, 4.69) is 20.0 Å². The average molecular weight is 387 g/mol. The number of rotatable bonds is 7. The van der Waals surface area contributed by atoms with Crippen LogP contribution in [0.2, 0.25) is 0 Å². The molecule has 0 spiro atoms. The van der Waals surface area contributed by atoms with Crippen LogP contribution in [0.3, 0.4) is 0 Å². The van der Waals surface area contributed by atoms with Crippen LogP contribution >= 0.6 is 0 Å². The number of hydrogen-bond donors (Lipinski definition) is 0. The minimum Gasteiger partial charge on any atom is -0.481 e. The Kier molecular flexibility index (Phi) is 5.54. The number of amides is 1. The van der Waals surface area contributed by atoms with Crippen LogP contribution < -0.4 is 4.74 Å². The Hall–Kier alpha value is -2.52. The summed E-state index contributed by atoms with van der Waals surface area (Å²) < 4.78 is 15.8. The molecule has 2 fully saturated rings. The lowest BCUT2D eigenvalue weighted by molar-refractivity contribution is 0.0591. The molecule has 0 radical (unpaired) electrons. The summed E-state index contributed by atoms with van der Waals surface area (Å²) >= 11 is 0. The number of carbonyl (C=O) groups excluding carboxylic acids is 1. The predicted octanol–water partition coefficient (Wildman–Crippen LogP) is 1.50. The van der Waals surface area contributed by atoms with Crippen LogP contribution in [-0.2, 0) is 4.74 Å². The van der Waals surface area contributed by atoms with Gasteiger partial charge in [-0.25, -0.2) is 4.98 Å². The molecule has 2 aliphatic heterocycles. The average Bonchev–Trinajstić information content (AvgIpc) is 3.34. The molecule has 2 aromatic rings. The summed E-state index contributed by atoms with van der Waals surface area (Å²) in [6.07, 6.45) is 3.68. The van der Waals surface area contributed by atoms with Crippen molar-refractivity contribution in [2.75, 3.05) is 47.0 Å². The highest BCUT2D eigenvalue weighted by Crippen LogP contribution is 2.33. The number of methoxy groups -OCH3 is 2. The van der Waals surface area contributed by atoms with E-state index in [0.717, 1.165) is 25.9 Å². The van der Waals surface area contributed by atoms with E-state index in [4.69, 9.17) is 14.0 Å². The molecule has 1 unspecified atom stereocenters. The van der Waals surface area contributed by atoms with Gasteiger partial charge in [-0.1, -0.05) is 5.16 Å². The fourth-order valence-electron chi connectivity index (χ4n) is 3.75. The molecule has 0 aliphatic carbocycles. The Morgan fingerprint density at radius 1 is 1.32 bits per heavy atom. The second-order valence-electron chi connectivity index (χ2n) is 7.17. The lowest BCUT2D eigenvalue weighted by Crippen LogP contribution is -2.48. The standard InChI is InChI=1S/C19H25N5O4/c1-26-9-8-23-7-3-4-15(23)18-21-17(22-28-18)14-11-24(12-14)19(25)13-5-6-16(27-2)20-10-13/h5-6,10,14-15H,3-4,7-9,11-12H2,1-2H3. The highest BCUT2D eigenvalue weighted by Gasteiger charge is 2.37. The fraction of sp³-hybridized carbons (Fsp3) is 0.579. The minimum atomic E-state index is -0.0448. The SMILES string of the molecule is COCCN1CCCC1c1nc(C2CN(C(=O)c3ccc(OC)nc3)C2)no1. The van der Waals surface area contributed by atoms with E-state index in [9.17, 15) is 4.79 Å². The van der Waals surface area contributed by atoms with Gasteiger partial charge < -0.3 is 18.9 Å². The Labute approximate surface area is 163 Å². The van der Waals surface area contributed by atoms with Crippen molar-refractivity contribution in [1.29, 1.82) is 0 Å². The first-order valence-electron chi connectivity index (χ1n) is 9.55. The van der Waals surface area contributed by atoms with E-state index in [1.54, 1.807) is 31.3 Å². The monoisotopic (exact) mass is 387 g/mol. The summed E-state index contributed by atoms with van der Waals surface area (Å²) in [5.74, 6) is 1.92. The largest absolute Gasteiger partial charge is 0.481 e. The van der Waals surface area contributed by atoms with Crippen molar-refractivity contribution in [3.63, 3.8) is 0 Å². The van der Waals surface area contributed by atoms with Crippen LogP contribution in [0.1, 0.15) is 46.9 Å². The number of nitrogens with zero attached hydrogens (tertiary/aromatic N) is 5. The van der Waals surface area contributed by atoms with Gasteiger partial charge in [0, 0.05) is 39.0 Å². The number of hydrogen-bond acceptors (Lipinski definition) is 8. The molecular formula is C19H25N5O4. The highest BCUT2D eigenvalue weighted by atomic mass is 16.5. The third-order valence-corrected chi connectivity index (χ3v) is 5.42. The molecule has 2 aromatic heterocycles. The van der Waals surface area contributed by atoms with Crippen molar-refractivity contribution in [2.24, 2.45) is 0 Å². The Bertz CT molecular complexity index is 803. The lowest BCUT2D eigenvalue weighted by Gasteiger charge is -2.37. The van der Waals surface area contributed by atoms with Crippen molar-refractivity contribution in [2.45, 2.75) is 24.8 Å². The van der Waals surface area contributed by atoms with E-state index in [0.29, 0.717) is 42.9 Å². The summed E-state index contributed by atoms with van der Waals surface area (Å²) in [7, 11) is 3.26. The molecular weight excluding hydrogens is 362 g/mol. The predicted molar refractivity (Wildman–Crippen MR) is 99.2 cm³/mol. The molecule has 9 heteroatoms. The van der Waals surface area contributed by atoms with Crippen molar-refractivity contribution in [3.05, 3.63) is 35.6 Å². The summed E-state index contributed by atoms with van der Waals surface area (Å²) in [6, 6.07) is 3.58. The zero-order valence-electron chi connectivity index (χ0n) is 16.2. The van der Waals surface area contributed by atoms with Crippen LogP contribution in [0, 0.1) is 0 Å². The maximum atomic E-state index is 12.5. The van der Waals surface area contributed by atoms with Gasteiger partial charge in [-0.3, -0.25) is 9.69 Å². The molecule has 2 saturated heterocycles. The number of pyridine rings is 1. The Morgan fingerprint density at radius 2 is 2.18 bits per heavy atom. The van der Waals surface area contributed by atoms with E-state index in [1.807, 2.05) is 0 Å². The number of aromatic nitrogens is 3. The smallest absolute Gasteiger partial charge is 0.255 e. The van der Waals surface area contributed by atoms with Gasteiger partial charge in [0.1, 0.15) is 0 Å². The Morgan fingerprint density at radius 3 is 2.89 bits per heavy atom. The van der Waals surface area contributed by atoms with Gasteiger partial charge in [-0.15, -0.1) is 0 Å². The first-order valence-corrected chi connectivity index (χ1v) is 9.55. The maximum absolute atomic E-state index is 12.5. The van der Waals surface area contributed by atoms with Gasteiger partial charge in [-0.2, -0.15) is 4.98 Å². The molecule has 0 N–H and O–H groups in total. The van der Waals surface area contributed by atoms with Gasteiger partial charge in [0.05, 0.1) is 31.2 Å². The van der Waals surface area contributed by atoms with Crippen LogP contribution in [0.5, 0.6) is 5.88 Å². The number of ether oxygens (including phenoxy) is 2. The van der Waals surface area contributed by atoms with Gasteiger partial charge in [-0.05, 0) is 25.5 Å². The third kappa shape index (κ3) is 3.72. The molecule has 150 valence electrons. The molecule has 28 heavy (non-hydrogen) atoms. The van der Waals surface area contributed by atoms with Crippen molar-refractivity contribution in [3.8, 4) is 5.88 Å². The molecule has 4 heterocycles. The second kappa shape index (κ2) is 8.24. The van der Waals surface area contributed by atoms with Crippen LogP contribution in [-0.4, -0.2) is 77.8 Å². The first kappa shape index (κ1) is 18.8. The van der Waals surface area contributed by atoms with Gasteiger partial charge >= 0.3 is 0 Å². The summed E-state index contributed by atoms with van der Waals surface area (Å²) in [5, 5.41) is 4.18. The van der Waals surface area contributed by atoms with E-state index >= 15 is 0 Å². The quantitative estimate of drug-likeness (QED) is 0.705. The molecule has 2 aliphatic rings. The fourth-order valence-corrected chi connectivity index (χ4v) is 3.75. The highest BCUT2D eigenvalue weighted by molar-refractivity contribution is 5.94. The zero-order valence-corrected chi connectivity index (χ0v) is 16.2. The lowest BCUT2D eigenvalue weighted by atomic mass is 9.98. The van der Waals surface area contributed by atoms with Crippen molar-refractivity contribution in [1.82, 2.24) is 24.9 Å².